The summed E-state index contributed by atoms with van der Waals surface area (Å²) in [6.45, 7) is 36.0. The summed E-state index contributed by atoms with van der Waals surface area (Å²) in [6, 6.07) is 14.7. The molecule has 0 atom stereocenters. The van der Waals surface area contributed by atoms with E-state index in [1.165, 1.54) is 48.9 Å². The minimum atomic E-state index is -2.79. The highest BCUT2D eigenvalue weighted by Crippen LogP contribution is 2.20. The van der Waals surface area contributed by atoms with E-state index in [0.717, 1.165) is 0 Å². The Hall–Kier alpha value is -1.18. The van der Waals surface area contributed by atoms with Crippen LogP contribution >= 0.6 is 11.1 Å². The van der Waals surface area contributed by atoms with Crippen LogP contribution in [0, 0.1) is 41.5 Å². The molecule has 206 valence electrons. The highest BCUT2D eigenvalue weighted by Gasteiger charge is 2.41. The Morgan fingerprint density at radius 2 is 0.526 bits per heavy atom. The lowest BCUT2D eigenvalue weighted by atomic mass is 10.1. The lowest BCUT2D eigenvalue weighted by molar-refractivity contribution is 1.41. The zero-order valence-electron chi connectivity index (χ0n) is 26.8. The van der Waals surface area contributed by atoms with Crippen LogP contribution in [0.5, 0.6) is 0 Å². The number of hydrogen-bond acceptors (Lipinski definition) is 0. The van der Waals surface area contributed by atoms with Crippen LogP contribution in [0.4, 0.5) is 0 Å². The minimum Gasteiger partial charge on any atom is -0.149 e. The van der Waals surface area contributed by atoms with Gasteiger partial charge in [0, 0.05) is 0 Å². The van der Waals surface area contributed by atoms with Crippen molar-refractivity contribution in [3.05, 3.63) is 69.8 Å². The third kappa shape index (κ3) is 5.81. The maximum atomic E-state index is 8.22. The van der Waals surface area contributed by atoms with E-state index in [-0.39, 0.29) is 0 Å². The van der Waals surface area contributed by atoms with Crippen molar-refractivity contribution in [2.45, 2.75) is 100 Å². The Kier molecular flexibility index (Phi) is 8.53. The first kappa shape index (κ1) is 31.3. The molecule has 0 saturated heterocycles. The Labute approximate surface area is 243 Å². The molecule has 0 aliphatic heterocycles. The third-order valence-corrected chi connectivity index (χ3v) is 20.1. The average Bonchev–Trinajstić information content (AvgIpc) is 2.68. The van der Waals surface area contributed by atoms with Gasteiger partial charge in [-0.15, -0.1) is 11.1 Å². The first-order chi connectivity index (χ1) is 17.1. The monoisotopic (exact) mass is 594 g/mol. The van der Waals surface area contributed by atoms with Crippen LogP contribution in [0.15, 0.2) is 36.4 Å². The normalized spacial score (nSPS) is 13.3. The van der Waals surface area contributed by atoms with Crippen LogP contribution in [0.25, 0.3) is 0 Å². The second-order valence-corrected chi connectivity index (χ2v) is 34.6. The molecule has 0 fully saturated rings. The van der Waals surface area contributed by atoms with E-state index in [1.54, 1.807) is 15.6 Å². The van der Waals surface area contributed by atoms with Gasteiger partial charge in [0.1, 0.15) is 0 Å². The van der Waals surface area contributed by atoms with Crippen LogP contribution in [0.1, 0.15) is 33.4 Å². The second-order valence-electron chi connectivity index (χ2n) is 14.9. The molecular formula is C33H51ClSi4. The smallest absolute Gasteiger partial charge is 0.149 e. The van der Waals surface area contributed by atoms with E-state index in [4.69, 9.17) is 11.1 Å². The lowest BCUT2D eigenvalue weighted by Crippen LogP contribution is -2.64. The number of aryl methyl sites for hydroxylation is 6. The summed E-state index contributed by atoms with van der Waals surface area (Å²) in [5, 5.41) is 8.73. The van der Waals surface area contributed by atoms with Crippen molar-refractivity contribution in [2.24, 2.45) is 0 Å². The molecule has 0 bridgehead atoms. The standard InChI is InChI=1S/C33H51ClSi4/c1-22-16-28(17-23(2)31(22)35(7,8)9)38(34,29-18-24(3)32(25(4)19-29)36(10,11)12)30-20-26(5)33(27(6)21-30)37(13,14)15/h16-21H,1-15H3. The molecule has 5 heteroatoms. The first-order valence-electron chi connectivity index (χ1n) is 14.2. The maximum absolute atomic E-state index is 8.22. The molecule has 0 spiro atoms. The first-order valence-corrected chi connectivity index (χ1v) is 27.7. The molecule has 3 aromatic carbocycles. The van der Waals surface area contributed by atoms with Crippen LogP contribution in [0.2, 0.25) is 58.9 Å². The fraction of sp³-hybridized carbons (Fsp3) is 0.455. The van der Waals surface area contributed by atoms with Gasteiger partial charge in [0.05, 0.1) is 24.2 Å². The Balaban J connectivity index is 2.46. The maximum Gasteiger partial charge on any atom is 0.247 e. The fourth-order valence-electron chi connectivity index (χ4n) is 7.54. The molecule has 0 nitrogen and oxygen atoms in total. The van der Waals surface area contributed by atoms with E-state index in [1.807, 2.05) is 0 Å². The molecule has 38 heavy (non-hydrogen) atoms. The molecule has 0 saturated carbocycles. The van der Waals surface area contributed by atoms with E-state index in [0.29, 0.717) is 0 Å². The van der Waals surface area contributed by atoms with E-state index in [9.17, 15) is 0 Å². The molecule has 0 radical (unpaired) electrons. The number of halogens is 1. The van der Waals surface area contributed by atoms with E-state index in [2.05, 4.69) is 137 Å². The van der Waals surface area contributed by atoms with Crippen LogP contribution in [0.3, 0.4) is 0 Å². The molecule has 0 N–H and O–H groups in total. The topological polar surface area (TPSA) is 0 Å². The lowest BCUT2D eigenvalue weighted by Gasteiger charge is -2.33. The summed E-state index contributed by atoms with van der Waals surface area (Å²) in [7, 11) is -7.22. The van der Waals surface area contributed by atoms with Crippen LogP contribution < -0.4 is 31.1 Å². The highest BCUT2D eigenvalue weighted by atomic mass is 35.6. The quantitative estimate of drug-likeness (QED) is 0.176. The van der Waals surface area contributed by atoms with Gasteiger partial charge in [-0.1, -0.05) is 144 Å². The largest absolute Gasteiger partial charge is 0.247 e. The van der Waals surface area contributed by atoms with Crippen molar-refractivity contribution in [2.75, 3.05) is 0 Å². The summed E-state index contributed by atoms with van der Waals surface area (Å²) < 4.78 is 0. The Bertz CT molecular complexity index is 1140. The van der Waals surface area contributed by atoms with Gasteiger partial charge >= 0.3 is 0 Å². The van der Waals surface area contributed by atoms with Crippen LogP contribution in [-0.2, 0) is 0 Å². The van der Waals surface area contributed by atoms with Crippen molar-refractivity contribution in [1.29, 1.82) is 0 Å². The number of hydrogen-bond donors (Lipinski definition) is 0. The van der Waals surface area contributed by atoms with Crippen LogP contribution in [-0.4, -0.2) is 31.6 Å². The molecule has 0 aromatic heterocycles. The zero-order chi connectivity index (χ0) is 29.2. The molecule has 3 aromatic rings. The SMILES string of the molecule is Cc1cc([Si](Cl)(c2cc(C)c([Si](C)(C)C)c(C)c2)c2cc(C)c([Si](C)(C)C)c(C)c2)cc(C)c1[Si](C)(C)C. The Morgan fingerprint density at radius 3 is 0.658 bits per heavy atom. The fourth-order valence-corrected chi connectivity index (χ4v) is 19.5. The number of rotatable bonds is 6. The van der Waals surface area contributed by atoms with Crippen molar-refractivity contribution >= 4 is 73.8 Å². The molecule has 0 amide bonds. The van der Waals surface area contributed by atoms with E-state index < -0.39 is 31.6 Å². The van der Waals surface area contributed by atoms with Crippen molar-refractivity contribution in [1.82, 2.24) is 0 Å². The van der Waals surface area contributed by atoms with Crippen molar-refractivity contribution in [3.63, 3.8) is 0 Å². The molecule has 0 unspecified atom stereocenters. The van der Waals surface area contributed by atoms with Gasteiger partial charge in [-0.3, -0.25) is 0 Å². The van der Waals surface area contributed by atoms with Gasteiger partial charge in [-0.05, 0) is 57.1 Å². The molecule has 0 heterocycles. The van der Waals surface area contributed by atoms with Gasteiger partial charge in [-0.2, -0.15) is 0 Å². The number of benzene rings is 3. The summed E-state index contributed by atoms with van der Waals surface area (Å²) in [5.41, 5.74) is 8.48. The van der Waals surface area contributed by atoms with Gasteiger partial charge < -0.3 is 0 Å². The zero-order valence-corrected chi connectivity index (χ0v) is 31.6. The highest BCUT2D eigenvalue weighted by molar-refractivity contribution is 7.40. The molecule has 0 aliphatic carbocycles. The average molecular weight is 596 g/mol. The summed E-state index contributed by atoms with van der Waals surface area (Å²) in [6.07, 6.45) is 0. The summed E-state index contributed by atoms with van der Waals surface area (Å²) >= 11 is 8.22. The van der Waals surface area contributed by atoms with Gasteiger partial charge in [0.2, 0.25) is 7.38 Å². The predicted octanol–water partition coefficient (Wildman–Crippen LogP) is 6.38. The van der Waals surface area contributed by atoms with Gasteiger partial charge in [-0.25, -0.2) is 0 Å². The second kappa shape index (κ2) is 10.3. The molecular weight excluding hydrogens is 544 g/mol. The molecule has 3 rings (SSSR count). The predicted molar refractivity (Wildman–Crippen MR) is 187 cm³/mol. The van der Waals surface area contributed by atoms with Gasteiger partial charge in [0.25, 0.3) is 0 Å². The van der Waals surface area contributed by atoms with Gasteiger partial charge in [0.15, 0.2) is 0 Å². The van der Waals surface area contributed by atoms with E-state index >= 15 is 0 Å². The minimum absolute atomic E-state index is 1.33. The Morgan fingerprint density at radius 1 is 0.368 bits per heavy atom. The third-order valence-electron chi connectivity index (χ3n) is 8.04. The molecule has 0 aliphatic rings. The van der Waals surface area contributed by atoms with Crippen molar-refractivity contribution in [3.8, 4) is 0 Å². The summed E-state index contributed by atoms with van der Waals surface area (Å²) in [4.78, 5) is 0. The van der Waals surface area contributed by atoms with Crippen molar-refractivity contribution < 1.29 is 0 Å². The summed E-state index contributed by atoms with van der Waals surface area (Å²) in [5.74, 6) is 0.